The van der Waals surface area contributed by atoms with Crippen LogP contribution in [0.15, 0.2) is 18.2 Å². The van der Waals surface area contributed by atoms with Gasteiger partial charge in [-0.05, 0) is 69.5 Å². The highest BCUT2D eigenvalue weighted by molar-refractivity contribution is 5.91. The van der Waals surface area contributed by atoms with Gasteiger partial charge in [-0.1, -0.05) is 33.8 Å². The maximum atomic E-state index is 15.5. The molecule has 0 spiro atoms. The summed E-state index contributed by atoms with van der Waals surface area (Å²) in [6.45, 7) is 13.3. The Morgan fingerprint density at radius 3 is 2.16 bits per heavy atom. The Morgan fingerprint density at radius 1 is 0.857 bits per heavy atom. The number of carbonyl (C=O) groups is 3. The summed E-state index contributed by atoms with van der Waals surface area (Å²) in [6.07, 6.45) is 5.99. The monoisotopic (exact) mass is 685 g/mol. The molecule has 1 saturated carbocycles. The molecule has 5 fully saturated rings. The second-order valence-corrected chi connectivity index (χ2v) is 16.6. The predicted molar refractivity (Wildman–Crippen MR) is 184 cm³/mol. The Bertz CT molecular complexity index is 1350. The lowest BCUT2D eigenvalue weighted by Gasteiger charge is -2.42. The highest BCUT2D eigenvalue weighted by Crippen LogP contribution is 2.41. The number of likely N-dealkylation sites (N-methyl/N-ethyl adjacent to an activating group) is 1. The van der Waals surface area contributed by atoms with Gasteiger partial charge in [-0.3, -0.25) is 19.3 Å². The van der Waals surface area contributed by atoms with Gasteiger partial charge in [0.05, 0.1) is 12.0 Å². The molecule has 0 radical (unpaired) electrons. The quantitative estimate of drug-likeness (QED) is 0.444. The van der Waals surface area contributed by atoms with Gasteiger partial charge in [-0.2, -0.15) is 0 Å². The van der Waals surface area contributed by atoms with Crippen LogP contribution in [0.2, 0.25) is 0 Å². The van der Waals surface area contributed by atoms with Gasteiger partial charge in [-0.25, -0.2) is 8.78 Å². The molecule has 0 N–H and O–H groups in total. The Morgan fingerprint density at radius 2 is 1.53 bits per heavy atom. The molecule has 5 aliphatic rings. The fourth-order valence-corrected chi connectivity index (χ4v) is 9.03. The summed E-state index contributed by atoms with van der Waals surface area (Å²) < 4.78 is 35.1. The first kappa shape index (κ1) is 36.2. The highest BCUT2D eigenvalue weighted by Gasteiger charge is 2.51. The fraction of sp³-hybridized carbons (Fsp3) is 0.763. The van der Waals surface area contributed by atoms with Crippen LogP contribution >= 0.6 is 0 Å². The smallest absolute Gasteiger partial charge is 0.245 e. The Hall–Kier alpha value is -2.63. The van der Waals surface area contributed by atoms with E-state index in [0.717, 1.165) is 57.7 Å². The normalized spacial score (nSPS) is 30.9. The van der Waals surface area contributed by atoms with Crippen LogP contribution in [0.1, 0.15) is 84.1 Å². The number of piperazine rings is 1. The summed E-state index contributed by atoms with van der Waals surface area (Å²) in [5.41, 5.74) is -0.272. The molecule has 1 aromatic carbocycles. The zero-order chi connectivity index (χ0) is 35.0. The van der Waals surface area contributed by atoms with Gasteiger partial charge in [0, 0.05) is 88.5 Å². The molecule has 49 heavy (non-hydrogen) atoms. The molecule has 6 rings (SSSR count). The van der Waals surface area contributed by atoms with Gasteiger partial charge in [0.25, 0.3) is 0 Å². The molecule has 272 valence electrons. The maximum Gasteiger partial charge on any atom is 0.245 e. The molecule has 4 aliphatic heterocycles. The summed E-state index contributed by atoms with van der Waals surface area (Å²) in [7, 11) is 2.04. The Balaban J connectivity index is 1.34. The van der Waals surface area contributed by atoms with Crippen LogP contribution < -0.4 is 0 Å². The third-order valence-electron chi connectivity index (χ3n) is 12.0. The molecule has 4 heterocycles. The summed E-state index contributed by atoms with van der Waals surface area (Å²) in [4.78, 5) is 53.9. The second kappa shape index (κ2) is 14.9. The fourth-order valence-electron chi connectivity index (χ4n) is 9.03. The number of amides is 3. The van der Waals surface area contributed by atoms with Crippen molar-refractivity contribution >= 4 is 17.7 Å². The van der Waals surface area contributed by atoms with E-state index in [-0.39, 0.29) is 42.4 Å². The van der Waals surface area contributed by atoms with Crippen LogP contribution in [0, 0.1) is 28.9 Å². The second-order valence-electron chi connectivity index (χ2n) is 16.6. The summed E-state index contributed by atoms with van der Waals surface area (Å²) in [5.74, 6) is -1.94. The molecule has 0 aromatic heterocycles. The van der Waals surface area contributed by atoms with E-state index in [1.54, 1.807) is 4.90 Å². The first-order valence-electron chi connectivity index (χ1n) is 18.7. The van der Waals surface area contributed by atoms with Crippen LogP contribution in [0.4, 0.5) is 8.78 Å². The van der Waals surface area contributed by atoms with Crippen molar-refractivity contribution in [2.45, 2.75) is 103 Å². The van der Waals surface area contributed by atoms with E-state index in [9.17, 15) is 14.0 Å². The van der Waals surface area contributed by atoms with Crippen molar-refractivity contribution in [3.8, 4) is 0 Å². The van der Waals surface area contributed by atoms with Crippen LogP contribution in [-0.2, 0) is 19.1 Å². The van der Waals surface area contributed by atoms with Crippen LogP contribution in [0.5, 0.6) is 0 Å². The SMILES string of the molecule is CC1CCC(N(C(=O)C(C)(C)C)[C@H]2C[C@@H](C(=O)N3CCN(C)CC3)N(C(=O)[C@@H]3CN(C4CCOCC4)C[C@H]3c3ccc(F)cc3F)C2)CC1. The molecule has 0 bridgehead atoms. The van der Waals surface area contributed by atoms with Gasteiger partial charge in [0.2, 0.25) is 17.7 Å². The molecular weight excluding hydrogens is 628 g/mol. The molecule has 3 amide bonds. The van der Waals surface area contributed by atoms with E-state index >= 15 is 9.18 Å². The number of benzene rings is 1. The van der Waals surface area contributed by atoms with E-state index in [4.69, 9.17) is 4.74 Å². The van der Waals surface area contributed by atoms with E-state index in [0.29, 0.717) is 57.3 Å². The number of hydrogen-bond acceptors (Lipinski definition) is 6. The van der Waals surface area contributed by atoms with E-state index in [1.165, 1.54) is 12.1 Å². The minimum atomic E-state index is -0.700. The van der Waals surface area contributed by atoms with Gasteiger partial charge in [0.1, 0.15) is 17.7 Å². The zero-order valence-corrected chi connectivity index (χ0v) is 30.2. The number of likely N-dealkylation sites (tertiary alicyclic amines) is 2. The lowest BCUT2D eigenvalue weighted by Crippen LogP contribution is -2.54. The highest BCUT2D eigenvalue weighted by atomic mass is 19.1. The van der Waals surface area contributed by atoms with Crippen LogP contribution in [-0.4, -0.2) is 132 Å². The predicted octanol–water partition coefficient (Wildman–Crippen LogP) is 4.36. The number of hydrogen-bond donors (Lipinski definition) is 0. The largest absolute Gasteiger partial charge is 0.381 e. The molecule has 1 aliphatic carbocycles. The van der Waals surface area contributed by atoms with Crippen molar-refractivity contribution in [2.24, 2.45) is 17.3 Å². The molecule has 4 saturated heterocycles. The first-order chi connectivity index (χ1) is 23.3. The standard InChI is InChI=1S/C38H57F2N5O4/c1-25-6-9-28(10-7-25)45(37(48)38(2,3)4)29-21-34(36(47)42-16-14-41(5)15-17-42)44(22-29)35(46)32-24-43(27-12-18-49-19-13-27)23-31(32)30-11-8-26(39)20-33(30)40/h8,11,20,25,27-29,31-32,34H,6-7,9-10,12-19,21-24H2,1-5H3/t25?,28?,29-,31-,32+,34-/m0/s1. The third kappa shape index (κ3) is 7.83. The Kier molecular flexibility index (Phi) is 11.0. The minimum Gasteiger partial charge on any atom is -0.381 e. The third-order valence-corrected chi connectivity index (χ3v) is 12.0. The molecule has 1 aromatic rings. The Labute approximate surface area is 291 Å². The summed E-state index contributed by atoms with van der Waals surface area (Å²) in [5, 5.41) is 0. The molecule has 4 atom stereocenters. The van der Waals surface area contributed by atoms with Gasteiger partial charge in [0.15, 0.2) is 0 Å². The number of carbonyl (C=O) groups excluding carboxylic acids is 3. The molecule has 11 heteroatoms. The van der Waals surface area contributed by atoms with Crippen molar-refractivity contribution < 1.29 is 27.9 Å². The van der Waals surface area contributed by atoms with Gasteiger partial charge < -0.3 is 24.3 Å². The van der Waals surface area contributed by atoms with Crippen molar-refractivity contribution in [2.75, 3.05) is 66.1 Å². The summed E-state index contributed by atoms with van der Waals surface area (Å²) in [6, 6.07) is 2.94. The van der Waals surface area contributed by atoms with E-state index in [1.807, 2.05) is 32.7 Å². The minimum absolute atomic E-state index is 0.0619. The first-order valence-corrected chi connectivity index (χ1v) is 18.7. The average Bonchev–Trinajstić information content (AvgIpc) is 3.71. The lowest BCUT2D eigenvalue weighted by molar-refractivity contribution is -0.147. The van der Waals surface area contributed by atoms with E-state index < -0.39 is 34.9 Å². The molecular formula is C38H57F2N5O4. The average molecular weight is 686 g/mol. The van der Waals surface area contributed by atoms with Crippen molar-refractivity contribution in [1.82, 2.24) is 24.5 Å². The number of ether oxygens (including phenoxy) is 1. The van der Waals surface area contributed by atoms with Crippen molar-refractivity contribution in [3.63, 3.8) is 0 Å². The van der Waals surface area contributed by atoms with Gasteiger partial charge in [-0.15, -0.1) is 0 Å². The van der Waals surface area contributed by atoms with Crippen LogP contribution in [0.25, 0.3) is 0 Å². The van der Waals surface area contributed by atoms with Crippen molar-refractivity contribution in [1.29, 1.82) is 0 Å². The van der Waals surface area contributed by atoms with Crippen LogP contribution in [0.3, 0.4) is 0 Å². The topological polar surface area (TPSA) is 76.6 Å². The number of nitrogens with zero attached hydrogens (tertiary/aromatic N) is 5. The molecule has 0 unspecified atom stereocenters. The summed E-state index contributed by atoms with van der Waals surface area (Å²) >= 11 is 0. The molecule has 9 nitrogen and oxygen atoms in total. The zero-order valence-electron chi connectivity index (χ0n) is 30.2. The van der Waals surface area contributed by atoms with Gasteiger partial charge >= 0.3 is 0 Å². The lowest BCUT2D eigenvalue weighted by atomic mass is 9.84. The van der Waals surface area contributed by atoms with E-state index in [2.05, 4.69) is 21.6 Å². The number of halogens is 2. The van der Waals surface area contributed by atoms with Crippen molar-refractivity contribution in [3.05, 3.63) is 35.4 Å². The maximum absolute atomic E-state index is 15.5. The number of rotatable bonds is 6.